The highest BCUT2D eigenvalue weighted by atomic mass is 32.2. The summed E-state index contributed by atoms with van der Waals surface area (Å²) in [6, 6.07) is -0.0174. The summed E-state index contributed by atoms with van der Waals surface area (Å²) in [5.74, 6) is 0.0424. The van der Waals surface area contributed by atoms with E-state index in [9.17, 15) is 13.2 Å². The summed E-state index contributed by atoms with van der Waals surface area (Å²) in [4.78, 5) is 13.8. The number of hydrogen-bond donors (Lipinski definition) is 2. The van der Waals surface area contributed by atoms with Gasteiger partial charge < -0.3 is 4.90 Å². The molecule has 20 heavy (non-hydrogen) atoms. The maximum absolute atomic E-state index is 12.4. The highest BCUT2D eigenvalue weighted by Gasteiger charge is 2.41. The summed E-state index contributed by atoms with van der Waals surface area (Å²) < 4.78 is 27.4. The van der Waals surface area contributed by atoms with Gasteiger partial charge in [-0.3, -0.25) is 9.89 Å². The molecule has 1 unspecified atom stereocenters. The molecule has 1 atom stereocenters. The first kappa shape index (κ1) is 13.6. The van der Waals surface area contributed by atoms with E-state index in [4.69, 9.17) is 0 Å². The van der Waals surface area contributed by atoms with Crippen LogP contribution in [0.3, 0.4) is 0 Å². The zero-order valence-corrected chi connectivity index (χ0v) is 12.3. The van der Waals surface area contributed by atoms with Crippen LogP contribution in [0.4, 0.5) is 0 Å². The summed E-state index contributed by atoms with van der Waals surface area (Å²) >= 11 is 0. The molecule has 1 saturated carbocycles. The normalized spacial score (nSPS) is 23.6. The van der Waals surface area contributed by atoms with Crippen LogP contribution in [-0.2, 0) is 14.8 Å². The minimum absolute atomic E-state index is 0.0424. The lowest BCUT2D eigenvalue weighted by Crippen LogP contribution is -2.37. The van der Waals surface area contributed by atoms with Crippen molar-refractivity contribution < 1.29 is 13.2 Å². The number of carbonyl (C=O) groups excluding carboxylic acids is 1. The SMILES string of the molecule is Cc1n[nH]c(C)c1S(=O)(=O)NC1CC(=O)N(C2CC2)C1. The van der Waals surface area contributed by atoms with Crippen LogP contribution in [-0.4, -0.2) is 48.1 Å². The summed E-state index contributed by atoms with van der Waals surface area (Å²) in [5, 5.41) is 6.57. The Morgan fingerprint density at radius 1 is 1.35 bits per heavy atom. The molecule has 8 heteroatoms. The largest absolute Gasteiger partial charge is 0.338 e. The molecule has 0 radical (unpaired) electrons. The lowest BCUT2D eigenvalue weighted by Gasteiger charge is -2.16. The third-order valence-electron chi connectivity index (χ3n) is 3.80. The monoisotopic (exact) mass is 298 g/mol. The second-order valence-corrected chi connectivity index (χ2v) is 7.21. The van der Waals surface area contributed by atoms with Crippen LogP contribution in [0.15, 0.2) is 4.90 Å². The van der Waals surface area contributed by atoms with Gasteiger partial charge >= 0.3 is 0 Å². The van der Waals surface area contributed by atoms with Crippen LogP contribution in [0.1, 0.15) is 30.7 Å². The quantitative estimate of drug-likeness (QED) is 0.822. The molecule has 1 amide bonds. The molecular formula is C12H18N4O3S. The Bertz CT molecular complexity index is 628. The van der Waals surface area contributed by atoms with Crippen LogP contribution in [0.25, 0.3) is 0 Å². The predicted octanol–water partition coefficient (Wildman–Crippen LogP) is 0.0681. The zero-order valence-electron chi connectivity index (χ0n) is 11.5. The maximum Gasteiger partial charge on any atom is 0.244 e. The topological polar surface area (TPSA) is 95.2 Å². The lowest BCUT2D eigenvalue weighted by molar-refractivity contribution is -0.128. The lowest BCUT2D eigenvalue weighted by atomic mass is 10.3. The number of rotatable bonds is 4. The number of amides is 1. The van der Waals surface area contributed by atoms with Crippen LogP contribution < -0.4 is 4.72 Å². The third kappa shape index (κ3) is 2.33. The number of carbonyl (C=O) groups is 1. The van der Waals surface area contributed by atoms with Gasteiger partial charge in [-0.1, -0.05) is 0 Å². The molecule has 1 aliphatic heterocycles. The smallest absolute Gasteiger partial charge is 0.244 e. The number of aromatic nitrogens is 2. The number of nitrogens with one attached hydrogen (secondary N) is 2. The number of sulfonamides is 1. The van der Waals surface area contributed by atoms with Crippen LogP contribution >= 0.6 is 0 Å². The van der Waals surface area contributed by atoms with Crippen LogP contribution in [0, 0.1) is 13.8 Å². The molecule has 0 aromatic carbocycles. The molecule has 1 aromatic heterocycles. The standard InChI is InChI=1S/C12H18N4O3S/c1-7-12(8(2)14-13-7)20(18,19)15-9-5-11(17)16(6-9)10-3-4-10/h9-10,15H,3-6H2,1-2H3,(H,13,14). The molecule has 2 fully saturated rings. The van der Waals surface area contributed by atoms with Gasteiger partial charge in [0.15, 0.2) is 0 Å². The van der Waals surface area contributed by atoms with Gasteiger partial charge in [-0.25, -0.2) is 13.1 Å². The first-order valence-electron chi connectivity index (χ1n) is 6.72. The Balaban J connectivity index is 1.76. The number of aryl methyl sites for hydroxylation is 2. The van der Waals surface area contributed by atoms with E-state index in [0.29, 0.717) is 24.0 Å². The van der Waals surface area contributed by atoms with E-state index >= 15 is 0 Å². The van der Waals surface area contributed by atoms with Crippen molar-refractivity contribution in [2.75, 3.05) is 6.54 Å². The van der Waals surface area contributed by atoms with Crippen LogP contribution in [0.5, 0.6) is 0 Å². The average molecular weight is 298 g/mol. The van der Waals surface area contributed by atoms with E-state index in [1.54, 1.807) is 18.7 Å². The van der Waals surface area contributed by atoms with Gasteiger partial charge in [0.1, 0.15) is 4.90 Å². The Hall–Kier alpha value is -1.41. The van der Waals surface area contributed by atoms with Crippen molar-refractivity contribution in [3.05, 3.63) is 11.4 Å². The zero-order chi connectivity index (χ0) is 14.5. The van der Waals surface area contributed by atoms with E-state index < -0.39 is 10.0 Å². The van der Waals surface area contributed by atoms with Crippen molar-refractivity contribution in [3.8, 4) is 0 Å². The van der Waals surface area contributed by atoms with Crippen molar-refractivity contribution in [3.63, 3.8) is 0 Å². The van der Waals surface area contributed by atoms with E-state index in [-0.39, 0.29) is 23.3 Å². The van der Waals surface area contributed by atoms with Crippen LogP contribution in [0.2, 0.25) is 0 Å². The highest BCUT2D eigenvalue weighted by molar-refractivity contribution is 7.89. The molecule has 2 heterocycles. The Kier molecular flexibility index (Phi) is 3.09. The predicted molar refractivity (Wildman–Crippen MR) is 71.5 cm³/mol. The summed E-state index contributed by atoms with van der Waals surface area (Å²) in [5.41, 5.74) is 0.955. The Morgan fingerprint density at radius 2 is 2.05 bits per heavy atom. The summed E-state index contributed by atoms with van der Waals surface area (Å²) in [6.07, 6.45) is 2.31. The van der Waals surface area contributed by atoms with E-state index in [1.165, 1.54) is 0 Å². The molecule has 1 aromatic rings. The molecule has 2 N–H and O–H groups in total. The van der Waals surface area contributed by atoms with Gasteiger partial charge in [-0.2, -0.15) is 5.10 Å². The molecule has 0 spiro atoms. The average Bonchev–Trinajstić information content (AvgIpc) is 3.03. The number of aromatic amines is 1. The number of hydrogen-bond acceptors (Lipinski definition) is 4. The van der Waals surface area contributed by atoms with Crippen molar-refractivity contribution >= 4 is 15.9 Å². The third-order valence-corrected chi connectivity index (χ3v) is 5.58. The molecule has 1 saturated heterocycles. The minimum Gasteiger partial charge on any atom is -0.338 e. The molecule has 2 aliphatic rings. The Labute approximate surface area is 117 Å². The molecule has 0 bridgehead atoms. The molecule has 3 rings (SSSR count). The van der Waals surface area contributed by atoms with Gasteiger partial charge in [-0.15, -0.1) is 0 Å². The van der Waals surface area contributed by atoms with E-state index in [2.05, 4.69) is 14.9 Å². The summed E-state index contributed by atoms with van der Waals surface area (Å²) in [6.45, 7) is 3.79. The first-order chi connectivity index (χ1) is 9.38. The fourth-order valence-electron chi connectivity index (χ4n) is 2.76. The Morgan fingerprint density at radius 3 is 2.60 bits per heavy atom. The van der Waals surface area contributed by atoms with Crippen molar-refractivity contribution in [2.45, 2.75) is 50.1 Å². The molecule has 110 valence electrons. The van der Waals surface area contributed by atoms with E-state index in [1.807, 2.05) is 0 Å². The first-order valence-corrected chi connectivity index (χ1v) is 8.20. The second kappa shape index (κ2) is 4.56. The van der Waals surface area contributed by atoms with Gasteiger partial charge in [0.25, 0.3) is 0 Å². The van der Waals surface area contributed by atoms with Gasteiger partial charge in [0, 0.05) is 25.0 Å². The minimum atomic E-state index is -3.64. The molecule has 1 aliphatic carbocycles. The second-order valence-electron chi connectivity index (χ2n) is 5.56. The number of nitrogens with zero attached hydrogens (tertiary/aromatic N) is 2. The molecular weight excluding hydrogens is 280 g/mol. The number of H-pyrrole nitrogens is 1. The fraction of sp³-hybridized carbons (Fsp3) is 0.667. The molecule has 7 nitrogen and oxygen atoms in total. The summed E-state index contributed by atoms with van der Waals surface area (Å²) in [7, 11) is -3.64. The van der Waals surface area contributed by atoms with E-state index in [0.717, 1.165) is 12.8 Å². The number of likely N-dealkylation sites (tertiary alicyclic amines) is 1. The van der Waals surface area contributed by atoms with Crippen molar-refractivity contribution in [2.24, 2.45) is 0 Å². The maximum atomic E-state index is 12.4. The van der Waals surface area contributed by atoms with Crippen molar-refractivity contribution in [1.29, 1.82) is 0 Å². The fourth-order valence-corrected chi connectivity index (χ4v) is 4.36. The highest BCUT2D eigenvalue weighted by Crippen LogP contribution is 2.31. The van der Waals surface area contributed by atoms with Crippen molar-refractivity contribution in [1.82, 2.24) is 19.8 Å². The van der Waals surface area contributed by atoms with Gasteiger partial charge in [0.2, 0.25) is 15.9 Å². The van der Waals surface area contributed by atoms with Gasteiger partial charge in [-0.05, 0) is 26.7 Å². The van der Waals surface area contributed by atoms with Gasteiger partial charge in [0.05, 0.1) is 11.4 Å².